The van der Waals surface area contributed by atoms with Gasteiger partial charge < -0.3 is 14.7 Å². The van der Waals surface area contributed by atoms with Crippen molar-refractivity contribution in [3.05, 3.63) is 94.5 Å². The Morgan fingerprint density at radius 2 is 1.87 bits per heavy atom. The summed E-state index contributed by atoms with van der Waals surface area (Å²) in [6, 6.07) is 12.7. The summed E-state index contributed by atoms with van der Waals surface area (Å²) in [5, 5.41) is 12.1. The molecule has 0 spiro atoms. The van der Waals surface area contributed by atoms with E-state index in [0.29, 0.717) is 42.7 Å². The third-order valence-corrected chi connectivity index (χ3v) is 12.2. The summed E-state index contributed by atoms with van der Waals surface area (Å²) >= 11 is 6.34. The van der Waals surface area contributed by atoms with Crippen LogP contribution in [-0.4, -0.2) is 47.7 Å². The van der Waals surface area contributed by atoms with E-state index in [1.807, 2.05) is 31.2 Å². The van der Waals surface area contributed by atoms with Crippen LogP contribution < -0.4 is 14.4 Å². The number of nitrogens with one attached hydrogen (secondary N) is 1. The fourth-order valence-corrected chi connectivity index (χ4v) is 8.32. The maximum absolute atomic E-state index is 13.4. The number of halogens is 1. The topological polar surface area (TPSA) is 122 Å². The Kier molecular flexibility index (Phi) is 9.41. The Labute approximate surface area is 276 Å². The van der Waals surface area contributed by atoms with Gasteiger partial charge in [0.1, 0.15) is 18.0 Å². The van der Waals surface area contributed by atoms with E-state index in [-0.39, 0.29) is 23.3 Å². The minimum atomic E-state index is -4.00. The van der Waals surface area contributed by atoms with Crippen LogP contribution in [0.4, 0.5) is 5.69 Å². The summed E-state index contributed by atoms with van der Waals surface area (Å²) in [7, 11) is -4.00. The van der Waals surface area contributed by atoms with Gasteiger partial charge in [0.25, 0.3) is 5.91 Å². The minimum Gasteiger partial charge on any atom is -0.487 e. The number of allylic oxidation sites excluding steroid dienone is 1. The number of aryl methyl sites for hydroxylation is 1. The summed E-state index contributed by atoms with van der Waals surface area (Å²) < 4.78 is 35.5. The number of ether oxygens (including phenoxy) is 1. The lowest BCUT2D eigenvalue weighted by atomic mass is 9.64. The van der Waals surface area contributed by atoms with Crippen LogP contribution in [0.25, 0.3) is 0 Å². The minimum absolute atomic E-state index is 0.106. The molecule has 46 heavy (non-hydrogen) atoms. The van der Waals surface area contributed by atoms with Crippen molar-refractivity contribution in [1.82, 2.24) is 14.7 Å². The number of hydrogen-bond acceptors (Lipinski definition) is 8. The quantitative estimate of drug-likeness (QED) is 0.313. The molecule has 5 atom stereocenters. The van der Waals surface area contributed by atoms with Gasteiger partial charge in [0.05, 0.1) is 10.9 Å². The molecule has 1 aromatic heterocycles. The molecule has 0 unspecified atom stereocenters. The first-order valence-corrected chi connectivity index (χ1v) is 18.0. The second-order valence-electron chi connectivity index (χ2n) is 12.9. The SMILES string of the molecule is C[C@@H]1[C@@H](C)C/C=C/[C@@](O)(c2ncccn2)[C@@H]2CC[C@H]2CN2CCCCc3cc(Cl)ccc3COc3ccc(cc32)C(=O)NS1(=O)=O. The van der Waals surface area contributed by atoms with Crippen molar-refractivity contribution in [3.63, 3.8) is 0 Å². The van der Waals surface area contributed by atoms with Crippen molar-refractivity contribution >= 4 is 33.2 Å². The Hall–Kier alpha value is -3.47. The molecule has 0 radical (unpaired) electrons. The average Bonchev–Trinajstić information content (AvgIpc) is 3.05. The predicted molar refractivity (Wildman–Crippen MR) is 178 cm³/mol. The van der Waals surface area contributed by atoms with Gasteiger partial charge in [-0.25, -0.2) is 23.1 Å². The van der Waals surface area contributed by atoms with Crippen molar-refractivity contribution < 1.29 is 23.1 Å². The fourth-order valence-electron chi connectivity index (χ4n) is 6.84. The van der Waals surface area contributed by atoms with Gasteiger partial charge in [-0.1, -0.05) is 30.7 Å². The molecule has 1 amide bonds. The van der Waals surface area contributed by atoms with Crippen LogP contribution in [0.15, 0.2) is 67.0 Å². The molecule has 9 nitrogen and oxygen atoms in total. The lowest BCUT2D eigenvalue weighted by Gasteiger charge is -2.47. The number of anilines is 1. The first-order valence-electron chi connectivity index (χ1n) is 16.1. The highest BCUT2D eigenvalue weighted by atomic mass is 35.5. The number of sulfonamides is 1. The van der Waals surface area contributed by atoms with Gasteiger partial charge in [-0.05, 0) is 111 Å². The molecular weight excluding hydrogens is 624 g/mol. The Morgan fingerprint density at radius 3 is 2.63 bits per heavy atom. The Bertz CT molecular complexity index is 1720. The number of hydrogen-bond donors (Lipinski definition) is 2. The molecule has 2 bridgehead atoms. The number of amides is 1. The largest absolute Gasteiger partial charge is 0.487 e. The van der Waals surface area contributed by atoms with E-state index in [0.717, 1.165) is 48.9 Å². The van der Waals surface area contributed by atoms with Crippen molar-refractivity contribution in [1.29, 1.82) is 0 Å². The molecule has 244 valence electrons. The van der Waals surface area contributed by atoms with Crippen LogP contribution in [0.3, 0.4) is 0 Å². The molecule has 1 fully saturated rings. The van der Waals surface area contributed by atoms with Gasteiger partial charge in [-0.3, -0.25) is 4.79 Å². The zero-order valence-electron chi connectivity index (χ0n) is 26.2. The second-order valence-corrected chi connectivity index (χ2v) is 15.4. The highest BCUT2D eigenvalue weighted by Gasteiger charge is 2.48. The van der Waals surface area contributed by atoms with E-state index in [1.54, 1.807) is 49.7 Å². The molecule has 1 aliphatic carbocycles. The van der Waals surface area contributed by atoms with Gasteiger partial charge in [0.15, 0.2) is 5.82 Å². The summed E-state index contributed by atoms with van der Waals surface area (Å²) in [6.07, 6.45) is 11.6. The number of aromatic nitrogens is 2. The number of carbonyl (C=O) groups excluding carboxylic acids is 1. The smallest absolute Gasteiger partial charge is 0.264 e. The fraction of sp³-hybridized carbons (Fsp3) is 0.457. The monoisotopic (exact) mass is 664 g/mol. The van der Waals surface area contributed by atoms with Gasteiger partial charge in [0.2, 0.25) is 10.0 Å². The molecule has 0 saturated heterocycles. The van der Waals surface area contributed by atoms with Crippen molar-refractivity contribution in [3.8, 4) is 5.75 Å². The molecule has 3 aromatic rings. The van der Waals surface area contributed by atoms with Crippen LogP contribution >= 0.6 is 11.6 Å². The summed E-state index contributed by atoms with van der Waals surface area (Å²) in [5.74, 6) is -0.117. The van der Waals surface area contributed by atoms with E-state index in [2.05, 4.69) is 19.6 Å². The summed E-state index contributed by atoms with van der Waals surface area (Å²) in [6.45, 7) is 5.04. The van der Waals surface area contributed by atoms with Crippen LogP contribution in [-0.2, 0) is 28.7 Å². The van der Waals surface area contributed by atoms with E-state index >= 15 is 0 Å². The van der Waals surface area contributed by atoms with Crippen LogP contribution in [0.1, 0.15) is 73.3 Å². The molecule has 3 aliphatic rings. The van der Waals surface area contributed by atoms with Crippen molar-refractivity contribution in [2.75, 3.05) is 18.0 Å². The standard InChI is InChI=1S/C35H41ClN4O5S/c1-23-7-5-15-35(42,34-37-16-6-17-38-34)30-13-10-27(30)21-40-18-4-3-8-25-19-29(36)12-9-28(25)22-45-32-14-11-26(20-31(32)40)33(41)39-46(43,44)24(23)2/h5-6,9,11-12,14-17,19-20,23-24,27,30,42H,3-4,7-8,10,13,18,21-22H2,1-2H3,(H,39,41)/b15-5+/t23-,24+,27-,30+,35-/m0/s1. The third kappa shape index (κ3) is 6.66. The first-order chi connectivity index (χ1) is 22.0. The van der Waals surface area contributed by atoms with E-state index in [1.165, 1.54) is 0 Å². The average molecular weight is 665 g/mol. The molecule has 6 rings (SSSR count). The number of fused-ring (bicyclic) bond motifs is 3. The van der Waals surface area contributed by atoms with Gasteiger partial charge >= 0.3 is 0 Å². The Balaban J connectivity index is 1.43. The molecule has 2 N–H and O–H groups in total. The second kappa shape index (κ2) is 13.3. The molecule has 1 saturated carbocycles. The predicted octanol–water partition coefficient (Wildman–Crippen LogP) is 5.81. The highest BCUT2D eigenvalue weighted by molar-refractivity contribution is 7.90. The van der Waals surface area contributed by atoms with E-state index in [9.17, 15) is 18.3 Å². The number of nitrogens with zero attached hydrogens (tertiary/aromatic N) is 3. The van der Waals surface area contributed by atoms with E-state index < -0.39 is 26.8 Å². The molecule has 11 heteroatoms. The lowest BCUT2D eigenvalue weighted by Crippen LogP contribution is -2.49. The summed E-state index contributed by atoms with van der Waals surface area (Å²) in [4.78, 5) is 24.6. The van der Waals surface area contributed by atoms with Crippen molar-refractivity contribution in [2.45, 2.75) is 69.8 Å². The van der Waals surface area contributed by atoms with Crippen LogP contribution in [0.5, 0.6) is 5.75 Å². The van der Waals surface area contributed by atoms with Crippen molar-refractivity contribution in [2.24, 2.45) is 17.8 Å². The van der Waals surface area contributed by atoms with Gasteiger partial charge in [0, 0.05) is 42.0 Å². The first kappa shape index (κ1) is 32.5. The van der Waals surface area contributed by atoms with E-state index in [4.69, 9.17) is 16.3 Å². The number of aliphatic hydroxyl groups is 1. The van der Waals surface area contributed by atoms with Crippen LogP contribution in [0.2, 0.25) is 5.02 Å². The third-order valence-electron chi connectivity index (χ3n) is 10.0. The lowest BCUT2D eigenvalue weighted by molar-refractivity contribution is -0.0559. The normalized spacial score (nSPS) is 29.0. The maximum Gasteiger partial charge on any atom is 0.264 e. The van der Waals surface area contributed by atoms with Crippen LogP contribution in [0, 0.1) is 17.8 Å². The molecular formula is C35H41ClN4O5S. The molecule has 2 aromatic carbocycles. The summed E-state index contributed by atoms with van der Waals surface area (Å²) in [5.41, 5.74) is 1.73. The van der Waals surface area contributed by atoms with Gasteiger partial charge in [-0.15, -0.1) is 0 Å². The molecule has 3 heterocycles. The van der Waals surface area contributed by atoms with Gasteiger partial charge in [-0.2, -0.15) is 0 Å². The Morgan fingerprint density at radius 1 is 1.07 bits per heavy atom. The maximum atomic E-state index is 13.4. The highest BCUT2D eigenvalue weighted by Crippen LogP contribution is 2.48. The molecule has 2 aliphatic heterocycles. The zero-order valence-corrected chi connectivity index (χ0v) is 27.8. The number of rotatable bonds is 1. The number of carbonyl (C=O) groups is 1. The zero-order chi connectivity index (χ0) is 32.5. The number of benzene rings is 2.